The van der Waals surface area contributed by atoms with Crippen molar-refractivity contribution in [3.63, 3.8) is 0 Å². The minimum Gasteiger partial charge on any atom is -0.367 e. The molecule has 1 aliphatic carbocycles. The Labute approximate surface area is 222 Å². The van der Waals surface area contributed by atoms with Gasteiger partial charge in [-0.15, -0.1) is 0 Å². The molecule has 1 saturated carbocycles. The lowest BCUT2D eigenvalue weighted by molar-refractivity contribution is -0.141. The van der Waals surface area contributed by atoms with Crippen LogP contribution in [0.1, 0.15) is 65.1 Å². The largest absolute Gasteiger partial charge is 0.367 e. The first-order valence-electron chi connectivity index (χ1n) is 13.1. The number of nitrogens with zero attached hydrogens (tertiary/aromatic N) is 2. The summed E-state index contributed by atoms with van der Waals surface area (Å²) in [6, 6.07) is 16.4. The van der Waals surface area contributed by atoms with Crippen LogP contribution in [0, 0.1) is 18.3 Å². The highest BCUT2D eigenvalue weighted by atomic mass is 19.1. The number of amides is 3. The number of benzene rings is 2. The van der Waals surface area contributed by atoms with Crippen molar-refractivity contribution in [2.45, 2.75) is 62.7 Å². The zero-order chi connectivity index (χ0) is 27.3. The maximum absolute atomic E-state index is 14.6. The molecule has 200 valence electrons. The van der Waals surface area contributed by atoms with E-state index in [1.165, 1.54) is 16.0 Å². The molecule has 4 N–H and O–H groups in total. The van der Waals surface area contributed by atoms with Crippen molar-refractivity contribution in [3.8, 4) is 6.07 Å². The van der Waals surface area contributed by atoms with E-state index in [2.05, 4.69) is 41.8 Å². The van der Waals surface area contributed by atoms with Gasteiger partial charge in [0.1, 0.15) is 6.04 Å². The highest BCUT2D eigenvalue weighted by molar-refractivity contribution is 5.97. The Bertz CT molecular complexity index is 1200. The van der Waals surface area contributed by atoms with E-state index in [1.807, 2.05) is 6.07 Å². The monoisotopic (exact) mass is 519 g/mol. The molecule has 2 aromatic carbocycles. The van der Waals surface area contributed by atoms with Crippen molar-refractivity contribution in [2.75, 3.05) is 19.6 Å². The fourth-order valence-electron chi connectivity index (χ4n) is 4.94. The summed E-state index contributed by atoms with van der Waals surface area (Å²) < 4.78 is 14.6. The molecule has 2 aliphatic rings. The Morgan fingerprint density at radius 3 is 2.39 bits per heavy atom. The van der Waals surface area contributed by atoms with Crippen molar-refractivity contribution in [2.24, 2.45) is 5.73 Å². The quantitative estimate of drug-likeness (QED) is 0.416. The van der Waals surface area contributed by atoms with Gasteiger partial charge in [0.25, 0.3) is 11.8 Å². The number of rotatable bonds is 10. The summed E-state index contributed by atoms with van der Waals surface area (Å²) in [6.45, 7) is 2.87. The maximum Gasteiger partial charge on any atom is 0.255 e. The molecule has 4 rings (SSSR count). The number of likely N-dealkylation sites (tertiary alicyclic amines) is 1. The van der Waals surface area contributed by atoms with Crippen LogP contribution < -0.4 is 16.4 Å². The normalized spacial score (nSPS) is 20.7. The molecule has 2 aromatic rings. The summed E-state index contributed by atoms with van der Waals surface area (Å²) in [5.41, 5.74) is 6.41. The van der Waals surface area contributed by atoms with E-state index in [4.69, 9.17) is 11.0 Å². The van der Waals surface area contributed by atoms with Gasteiger partial charge in [0.15, 0.2) is 5.67 Å². The van der Waals surface area contributed by atoms with Crippen molar-refractivity contribution in [3.05, 3.63) is 70.8 Å². The van der Waals surface area contributed by atoms with E-state index < -0.39 is 23.5 Å². The Morgan fingerprint density at radius 1 is 1.13 bits per heavy atom. The van der Waals surface area contributed by atoms with Crippen LogP contribution in [-0.4, -0.2) is 60.0 Å². The molecule has 0 unspecified atom stereocenters. The number of carbonyl (C=O) groups excluding carboxylic acids is 3. The first-order chi connectivity index (χ1) is 18.2. The second-order valence-electron chi connectivity index (χ2n) is 10.3. The van der Waals surface area contributed by atoms with Gasteiger partial charge < -0.3 is 21.3 Å². The molecule has 1 heterocycles. The molecule has 2 fully saturated rings. The van der Waals surface area contributed by atoms with Gasteiger partial charge in [-0.1, -0.05) is 29.8 Å². The molecular weight excluding hydrogens is 485 g/mol. The van der Waals surface area contributed by atoms with Crippen LogP contribution in [0.3, 0.4) is 0 Å². The summed E-state index contributed by atoms with van der Waals surface area (Å²) in [5, 5.41) is 15.4. The predicted molar refractivity (Wildman–Crippen MR) is 141 cm³/mol. The third-order valence-electron chi connectivity index (χ3n) is 7.56. The van der Waals surface area contributed by atoms with Gasteiger partial charge in [-0.3, -0.25) is 14.4 Å². The molecule has 0 bridgehead atoms. The summed E-state index contributed by atoms with van der Waals surface area (Å²) in [6.07, 6.45) is 1.81. The minimum absolute atomic E-state index is 0.0556. The van der Waals surface area contributed by atoms with Gasteiger partial charge in [-0.2, -0.15) is 5.26 Å². The van der Waals surface area contributed by atoms with Gasteiger partial charge in [0.2, 0.25) is 5.91 Å². The van der Waals surface area contributed by atoms with Crippen LogP contribution in [0.15, 0.2) is 48.5 Å². The van der Waals surface area contributed by atoms with Gasteiger partial charge in [-0.25, -0.2) is 4.39 Å². The van der Waals surface area contributed by atoms with Crippen molar-refractivity contribution >= 4 is 17.7 Å². The number of primary amides is 1. The second kappa shape index (κ2) is 11.7. The van der Waals surface area contributed by atoms with Crippen molar-refractivity contribution < 1.29 is 18.8 Å². The zero-order valence-corrected chi connectivity index (χ0v) is 21.6. The minimum atomic E-state index is -2.11. The lowest BCUT2D eigenvalue weighted by Crippen LogP contribution is -2.55. The number of alkyl halides is 1. The number of nitriles is 1. The molecule has 9 heteroatoms. The number of halogens is 1. The standard InChI is InChI=1S/C29H34FN5O3/c1-19-4-8-21(9-5-19)23-17-25(23)33-14-2-3-24(34-26(36)22-10-6-20(18-31)7-11-22)27(37)35-15-12-29(30,13-16-35)28(32)38/h4-11,23-25,33H,2-3,12-17H2,1H3,(H2,32,38)(H,34,36)/t23-,24-,25+/m0/s1. The van der Waals surface area contributed by atoms with E-state index in [0.29, 0.717) is 42.5 Å². The van der Waals surface area contributed by atoms with Crippen LogP contribution in [0.5, 0.6) is 0 Å². The predicted octanol–water partition coefficient (Wildman–Crippen LogP) is 2.71. The van der Waals surface area contributed by atoms with E-state index >= 15 is 0 Å². The lowest BCUT2D eigenvalue weighted by atomic mass is 9.92. The molecule has 38 heavy (non-hydrogen) atoms. The number of aryl methyl sites for hydroxylation is 1. The smallest absolute Gasteiger partial charge is 0.255 e. The molecule has 0 spiro atoms. The second-order valence-corrected chi connectivity index (χ2v) is 10.3. The Hall–Kier alpha value is -3.77. The van der Waals surface area contributed by atoms with Gasteiger partial charge in [0.05, 0.1) is 11.6 Å². The number of piperidine rings is 1. The van der Waals surface area contributed by atoms with Gasteiger partial charge in [0, 0.05) is 43.5 Å². The van der Waals surface area contributed by atoms with Crippen molar-refractivity contribution in [1.29, 1.82) is 5.26 Å². The average molecular weight is 520 g/mol. The van der Waals surface area contributed by atoms with Crippen LogP contribution in [0.25, 0.3) is 0 Å². The zero-order valence-electron chi connectivity index (χ0n) is 21.6. The van der Waals surface area contributed by atoms with Crippen molar-refractivity contribution in [1.82, 2.24) is 15.5 Å². The number of nitrogens with two attached hydrogens (primary N) is 1. The average Bonchev–Trinajstić information content (AvgIpc) is 3.70. The highest BCUT2D eigenvalue weighted by Crippen LogP contribution is 2.40. The SMILES string of the molecule is Cc1ccc([C@@H]2C[C@H]2NCCC[C@H](NC(=O)c2ccc(C#N)cc2)C(=O)N2CCC(F)(C(N)=O)CC2)cc1. The number of nitrogens with one attached hydrogen (secondary N) is 2. The molecule has 0 aromatic heterocycles. The van der Waals surface area contributed by atoms with E-state index in [1.54, 1.807) is 24.3 Å². The van der Waals surface area contributed by atoms with Crippen LogP contribution in [-0.2, 0) is 9.59 Å². The van der Waals surface area contributed by atoms with Gasteiger partial charge in [-0.05, 0) is 62.6 Å². The molecular formula is C29H34FN5O3. The third kappa shape index (κ3) is 6.56. The summed E-state index contributed by atoms with van der Waals surface area (Å²) >= 11 is 0. The number of hydrogen-bond donors (Lipinski definition) is 3. The Balaban J connectivity index is 1.34. The Kier molecular flexibility index (Phi) is 8.42. The Morgan fingerprint density at radius 2 is 1.79 bits per heavy atom. The van der Waals surface area contributed by atoms with E-state index in [0.717, 1.165) is 6.42 Å². The molecule has 3 amide bonds. The highest BCUT2D eigenvalue weighted by Gasteiger charge is 2.42. The van der Waals surface area contributed by atoms with Gasteiger partial charge >= 0.3 is 0 Å². The molecule has 8 nitrogen and oxygen atoms in total. The lowest BCUT2D eigenvalue weighted by Gasteiger charge is -2.36. The van der Waals surface area contributed by atoms with E-state index in [9.17, 15) is 18.8 Å². The molecule has 1 aliphatic heterocycles. The first-order valence-corrected chi connectivity index (χ1v) is 13.1. The van der Waals surface area contributed by atoms with Crippen LogP contribution >= 0.6 is 0 Å². The van der Waals surface area contributed by atoms with E-state index in [-0.39, 0.29) is 31.8 Å². The maximum atomic E-state index is 14.6. The number of hydrogen-bond acceptors (Lipinski definition) is 5. The summed E-state index contributed by atoms with van der Waals surface area (Å²) in [5.74, 6) is -1.24. The molecule has 0 radical (unpaired) electrons. The molecule has 1 saturated heterocycles. The first kappa shape index (κ1) is 27.3. The topological polar surface area (TPSA) is 128 Å². The fraction of sp³-hybridized carbons (Fsp3) is 0.448. The van der Waals surface area contributed by atoms with Crippen LogP contribution in [0.2, 0.25) is 0 Å². The molecule has 3 atom stereocenters. The summed E-state index contributed by atoms with van der Waals surface area (Å²) in [7, 11) is 0. The summed E-state index contributed by atoms with van der Waals surface area (Å²) in [4.78, 5) is 39.2. The third-order valence-corrected chi connectivity index (χ3v) is 7.56. The van der Waals surface area contributed by atoms with Crippen LogP contribution in [0.4, 0.5) is 4.39 Å². The number of carbonyl (C=O) groups is 3. The fourth-order valence-corrected chi connectivity index (χ4v) is 4.94.